The number of carbonyl (C=O) groups excluding carboxylic acids is 1. The lowest BCUT2D eigenvalue weighted by molar-refractivity contribution is 0.260. The van der Waals surface area contributed by atoms with Crippen molar-refractivity contribution in [3.05, 3.63) is 66.7 Å². The van der Waals surface area contributed by atoms with Crippen LogP contribution >= 0.6 is 0 Å². The fourth-order valence-electron chi connectivity index (χ4n) is 2.97. The first-order chi connectivity index (χ1) is 12.1. The van der Waals surface area contributed by atoms with Crippen molar-refractivity contribution in [1.29, 1.82) is 0 Å². The van der Waals surface area contributed by atoms with Crippen molar-refractivity contribution in [2.45, 2.75) is 4.90 Å². The molecule has 3 aromatic carbocycles. The molecular weight excluding hydrogens is 338 g/mol. The second-order valence-electron chi connectivity index (χ2n) is 5.75. The van der Waals surface area contributed by atoms with Crippen LogP contribution in [0.5, 0.6) is 5.75 Å². The lowest BCUT2D eigenvalue weighted by atomic mass is 10.1. The zero-order valence-corrected chi connectivity index (χ0v) is 14.1. The summed E-state index contributed by atoms with van der Waals surface area (Å²) in [6, 6.07) is 20.1. The van der Waals surface area contributed by atoms with Crippen molar-refractivity contribution in [2.24, 2.45) is 0 Å². The molecule has 0 spiro atoms. The number of benzene rings is 3. The van der Waals surface area contributed by atoms with Crippen LogP contribution in [-0.2, 0) is 9.84 Å². The Hall–Kier alpha value is -2.86. The maximum atomic E-state index is 12.2. The minimum atomic E-state index is -3.93. The van der Waals surface area contributed by atoms with E-state index >= 15 is 0 Å². The van der Waals surface area contributed by atoms with Crippen molar-refractivity contribution < 1.29 is 17.9 Å². The van der Waals surface area contributed by atoms with Gasteiger partial charge in [0.25, 0.3) is 9.84 Å². The molecule has 3 aromatic rings. The van der Waals surface area contributed by atoms with Crippen molar-refractivity contribution in [2.75, 3.05) is 18.1 Å². The molecule has 0 N–H and O–H groups in total. The molecule has 4 rings (SSSR count). The summed E-state index contributed by atoms with van der Waals surface area (Å²) in [7, 11) is -3.93. The number of fused-ring (bicyclic) bond motifs is 2. The Bertz CT molecular complexity index is 1080. The van der Waals surface area contributed by atoms with Gasteiger partial charge in [-0.3, -0.25) is 9.69 Å². The Balaban J connectivity index is 1.51. The Kier molecular flexibility index (Phi) is 3.69. The first-order valence-electron chi connectivity index (χ1n) is 7.84. The van der Waals surface area contributed by atoms with Gasteiger partial charge in [-0.2, -0.15) is 0 Å². The Morgan fingerprint density at radius 2 is 1.60 bits per heavy atom. The lowest BCUT2D eigenvalue weighted by Crippen LogP contribution is -2.32. The summed E-state index contributed by atoms with van der Waals surface area (Å²) in [6.07, 6.45) is 0. The van der Waals surface area contributed by atoms with E-state index in [1.807, 2.05) is 42.5 Å². The smallest absolute Gasteiger partial charge is 0.348 e. The number of para-hydroxylation sites is 1. The normalized spacial score (nSPS) is 15.4. The molecule has 0 bridgehead atoms. The molecule has 25 heavy (non-hydrogen) atoms. The van der Waals surface area contributed by atoms with Gasteiger partial charge in [0.15, 0.2) is 0 Å². The molecule has 0 fully saturated rings. The lowest BCUT2D eigenvalue weighted by Gasteiger charge is -2.16. The van der Waals surface area contributed by atoms with E-state index in [4.69, 9.17) is 4.74 Å². The highest BCUT2D eigenvalue weighted by molar-refractivity contribution is 8.07. The third-order valence-electron chi connectivity index (χ3n) is 4.20. The summed E-state index contributed by atoms with van der Waals surface area (Å²) >= 11 is 0. The average molecular weight is 353 g/mol. The van der Waals surface area contributed by atoms with E-state index in [0.29, 0.717) is 11.4 Å². The number of ether oxygens (including phenoxy) is 1. The van der Waals surface area contributed by atoms with Gasteiger partial charge in [-0.15, -0.1) is 0 Å². The number of anilines is 1. The predicted molar refractivity (Wildman–Crippen MR) is 95.8 cm³/mol. The molecule has 0 unspecified atom stereocenters. The topological polar surface area (TPSA) is 63.7 Å². The van der Waals surface area contributed by atoms with Crippen LogP contribution in [0.25, 0.3) is 10.8 Å². The first-order valence-corrected chi connectivity index (χ1v) is 9.33. The summed E-state index contributed by atoms with van der Waals surface area (Å²) in [5.41, 5.74) is 0.412. The van der Waals surface area contributed by atoms with Crippen LogP contribution in [0.15, 0.2) is 71.6 Å². The van der Waals surface area contributed by atoms with E-state index in [9.17, 15) is 13.2 Å². The molecule has 0 atom stereocenters. The van der Waals surface area contributed by atoms with E-state index in [2.05, 4.69) is 0 Å². The second-order valence-corrected chi connectivity index (χ2v) is 7.54. The fraction of sp³-hybridized carbons (Fsp3) is 0.105. The number of carbonyl (C=O) groups is 1. The Labute approximate surface area is 145 Å². The van der Waals surface area contributed by atoms with Crippen LogP contribution in [0.1, 0.15) is 0 Å². The average Bonchev–Trinajstić information content (AvgIpc) is 2.83. The number of sulfone groups is 1. The van der Waals surface area contributed by atoms with Gasteiger partial charge in [-0.05, 0) is 35.0 Å². The predicted octanol–water partition coefficient (Wildman–Crippen LogP) is 3.63. The molecule has 1 heterocycles. The van der Waals surface area contributed by atoms with Crippen LogP contribution in [-0.4, -0.2) is 26.8 Å². The fourth-order valence-corrected chi connectivity index (χ4v) is 4.35. The van der Waals surface area contributed by atoms with Crippen LogP contribution in [0.3, 0.4) is 0 Å². The van der Waals surface area contributed by atoms with Crippen LogP contribution in [0.4, 0.5) is 10.5 Å². The molecule has 1 aliphatic rings. The number of hydrogen-bond acceptors (Lipinski definition) is 4. The third-order valence-corrected chi connectivity index (χ3v) is 5.80. The minimum absolute atomic E-state index is 0.0608. The second kappa shape index (κ2) is 5.89. The van der Waals surface area contributed by atoms with Crippen molar-refractivity contribution in [3.63, 3.8) is 0 Å². The van der Waals surface area contributed by atoms with Crippen LogP contribution in [0.2, 0.25) is 0 Å². The van der Waals surface area contributed by atoms with Crippen molar-refractivity contribution >= 4 is 31.5 Å². The van der Waals surface area contributed by atoms with E-state index in [1.54, 1.807) is 18.2 Å². The summed E-state index contributed by atoms with van der Waals surface area (Å²) in [5.74, 6) is 0.682. The number of hydrogen-bond donors (Lipinski definition) is 0. The van der Waals surface area contributed by atoms with Gasteiger partial charge in [0.1, 0.15) is 17.3 Å². The van der Waals surface area contributed by atoms with E-state index in [-0.39, 0.29) is 18.0 Å². The van der Waals surface area contributed by atoms with Crippen molar-refractivity contribution in [1.82, 2.24) is 0 Å². The van der Waals surface area contributed by atoms with Crippen LogP contribution in [0, 0.1) is 0 Å². The molecule has 1 aliphatic heterocycles. The largest absolute Gasteiger partial charge is 0.492 e. The van der Waals surface area contributed by atoms with Gasteiger partial charge in [-0.25, -0.2) is 8.42 Å². The van der Waals surface area contributed by atoms with Gasteiger partial charge >= 0.3 is 5.24 Å². The molecule has 0 saturated carbocycles. The molecule has 0 aliphatic carbocycles. The zero-order chi connectivity index (χ0) is 17.4. The first kappa shape index (κ1) is 15.7. The molecule has 0 aromatic heterocycles. The molecular formula is C19H15NO4S. The maximum absolute atomic E-state index is 12.2. The molecule has 5 nitrogen and oxygen atoms in total. The number of nitrogens with zero attached hydrogens (tertiary/aromatic N) is 1. The monoisotopic (exact) mass is 353 g/mol. The highest BCUT2D eigenvalue weighted by atomic mass is 32.2. The highest BCUT2D eigenvalue weighted by Crippen LogP contribution is 2.34. The van der Waals surface area contributed by atoms with Crippen molar-refractivity contribution in [3.8, 4) is 5.75 Å². The van der Waals surface area contributed by atoms with Crippen LogP contribution < -0.4 is 9.64 Å². The summed E-state index contributed by atoms with van der Waals surface area (Å²) in [6.45, 7) is 0.371. The number of rotatable bonds is 4. The maximum Gasteiger partial charge on any atom is 0.348 e. The molecule has 0 radical (unpaired) electrons. The Morgan fingerprint density at radius 1 is 0.880 bits per heavy atom. The van der Waals surface area contributed by atoms with Gasteiger partial charge in [-0.1, -0.05) is 42.5 Å². The third kappa shape index (κ3) is 2.64. The summed E-state index contributed by atoms with van der Waals surface area (Å²) < 4.78 is 30.0. The molecule has 0 saturated heterocycles. The number of amides is 1. The van der Waals surface area contributed by atoms with E-state index in [1.165, 1.54) is 11.0 Å². The van der Waals surface area contributed by atoms with E-state index in [0.717, 1.165) is 10.8 Å². The molecule has 126 valence electrons. The highest BCUT2D eigenvalue weighted by Gasteiger charge is 2.41. The minimum Gasteiger partial charge on any atom is -0.492 e. The molecule has 1 amide bonds. The quantitative estimate of drug-likeness (QED) is 0.718. The standard InChI is InChI=1S/C19H15NO4S/c21-19-20(17-7-3-4-8-18(17)25(19,22)23)11-12-24-16-10-9-14-5-1-2-6-15(14)13-16/h1-10,13H,11-12H2. The zero-order valence-electron chi connectivity index (χ0n) is 13.3. The summed E-state index contributed by atoms with van der Waals surface area (Å²) in [5, 5.41) is 1.28. The van der Waals surface area contributed by atoms with Gasteiger partial charge in [0.05, 0.1) is 12.2 Å². The van der Waals surface area contributed by atoms with Gasteiger partial charge < -0.3 is 4.74 Å². The van der Waals surface area contributed by atoms with Gasteiger partial charge in [0, 0.05) is 0 Å². The van der Waals surface area contributed by atoms with E-state index < -0.39 is 15.1 Å². The molecule has 6 heteroatoms. The van der Waals surface area contributed by atoms with Gasteiger partial charge in [0.2, 0.25) is 0 Å². The SMILES string of the molecule is O=C1N(CCOc2ccc3ccccc3c2)c2ccccc2S1(=O)=O. The summed E-state index contributed by atoms with van der Waals surface area (Å²) in [4.78, 5) is 13.5. The Morgan fingerprint density at radius 3 is 2.44 bits per heavy atom.